The summed E-state index contributed by atoms with van der Waals surface area (Å²) in [5, 5.41) is 0.537. The van der Waals surface area contributed by atoms with Gasteiger partial charge in [-0.15, -0.1) is 0 Å². The highest BCUT2D eigenvalue weighted by molar-refractivity contribution is 6.34. The largest absolute Gasteiger partial charge is 0.397 e. The normalized spacial score (nSPS) is 15.2. The van der Waals surface area contributed by atoms with Crippen molar-refractivity contribution in [3.05, 3.63) is 22.7 Å². The molecule has 1 aliphatic heterocycles. The predicted octanol–water partition coefficient (Wildman–Crippen LogP) is 3.00. The molecule has 110 valence electrons. The highest BCUT2D eigenvalue weighted by Crippen LogP contribution is 2.33. The zero-order chi connectivity index (χ0) is 14.7. The Labute approximate surface area is 125 Å². The maximum absolute atomic E-state index is 12.5. The maximum atomic E-state index is 12.5. The highest BCUT2D eigenvalue weighted by atomic mass is 35.5. The van der Waals surface area contributed by atoms with Gasteiger partial charge in [0.05, 0.1) is 16.4 Å². The molecule has 0 radical (unpaired) electrons. The third-order valence-corrected chi connectivity index (χ3v) is 4.13. The number of nitrogens with two attached hydrogens (primary N) is 1. The molecule has 2 rings (SSSR count). The number of piperidine rings is 1. The second-order valence-electron chi connectivity index (χ2n) is 5.26. The van der Waals surface area contributed by atoms with Crippen molar-refractivity contribution in [1.29, 1.82) is 0 Å². The van der Waals surface area contributed by atoms with Crippen LogP contribution in [0.5, 0.6) is 0 Å². The average Bonchev–Trinajstić information content (AvgIpc) is 2.46. The van der Waals surface area contributed by atoms with E-state index in [9.17, 15) is 4.79 Å². The van der Waals surface area contributed by atoms with Crippen LogP contribution >= 0.6 is 11.6 Å². The van der Waals surface area contributed by atoms with Crippen LogP contribution in [0.15, 0.2) is 12.1 Å². The van der Waals surface area contributed by atoms with E-state index in [1.807, 2.05) is 23.8 Å². The number of hydrogen-bond donors (Lipinski definition) is 1. The molecule has 1 saturated heterocycles. The lowest BCUT2D eigenvalue weighted by atomic mass is 10.1. The zero-order valence-corrected chi connectivity index (χ0v) is 12.9. The van der Waals surface area contributed by atoms with Crippen LogP contribution in [0.2, 0.25) is 5.02 Å². The number of carbonyl (C=O) groups excluding carboxylic acids is 1. The lowest BCUT2D eigenvalue weighted by Gasteiger charge is -2.27. The molecule has 1 aromatic rings. The summed E-state index contributed by atoms with van der Waals surface area (Å²) in [6.45, 7) is 4.49. The fourth-order valence-corrected chi connectivity index (χ4v) is 2.96. The van der Waals surface area contributed by atoms with E-state index in [2.05, 4.69) is 0 Å². The van der Waals surface area contributed by atoms with Gasteiger partial charge in [-0.05, 0) is 38.3 Å². The van der Waals surface area contributed by atoms with Crippen molar-refractivity contribution in [3.8, 4) is 0 Å². The van der Waals surface area contributed by atoms with Gasteiger partial charge in [0.2, 0.25) is 0 Å². The molecule has 0 saturated carbocycles. The Kier molecular flexibility index (Phi) is 4.76. The molecule has 0 aliphatic carbocycles. The van der Waals surface area contributed by atoms with E-state index in [0.29, 0.717) is 16.3 Å². The van der Waals surface area contributed by atoms with Gasteiger partial charge >= 0.3 is 0 Å². The molecule has 0 aromatic heterocycles. The van der Waals surface area contributed by atoms with Crippen molar-refractivity contribution in [2.45, 2.75) is 26.2 Å². The van der Waals surface area contributed by atoms with Crippen LogP contribution in [-0.4, -0.2) is 37.5 Å². The number of halogens is 1. The molecule has 0 atom stereocenters. The lowest BCUT2D eigenvalue weighted by molar-refractivity contribution is 0.0724. The Hall–Kier alpha value is -1.42. The first-order valence-corrected chi connectivity index (χ1v) is 7.51. The molecule has 4 nitrogen and oxygen atoms in total. The van der Waals surface area contributed by atoms with Gasteiger partial charge in [0.25, 0.3) is 5.91 Å². The molecule has 20 heavy (non-hydrogen) atoms. The third kappa shape index (κ3) is 3.01. The van der Waals surface area contributed by atoms with Gasteiger partial charge in [-0.3, -0.25) is 4.79 Å². The Morgan fingerprint density at radius 1 is 1.35 bits per heavy atom. The molecular formula is C15H22ClN3O. The minimum atomic E-state index is 0.0315. The minimum Gasteiger partial charge on any atom is -0.397 e. The number of rotatable bonds is 3. The molecule has 0 unspecified atom stereocenters. The molecule has 5 heteroatoms. The molecule has 0 bridgehead atoms. The number of likely N-dealkylation sites (tertiary alicyclic amines) is 1. The third-order valence-electron chi connectivity index (χ3n) is 3.84. The number of benzene rings is 1. The number of anilines is 2. The molecule has 1 aromatic carbocycles. The van der Waals surface area contributed by atoms with Crippen LogP contribution in [0.4, 0.5) is 11.4 Å². The van der Waals surface area contributed by atoms with Gasteiger partial charge in [0, 0.05) is 32.2 Å². The van der Waals surface area contributed by atoms with Gasteiger partial charge in [-0.1, -0.05) is 11.6 Å². The van der Waals surface area contributed by atoms with Gasteiger partial charge in [-0.25, -0.2) is 0 Å². The summed E-state index contributed by atoms with van der Waals surface area (Å²) in [6, 6.07) is 3.47. The van der Waals surface area contributed by atoms with E-state index in [-0.39, 0.29) is 5.91 Å². The van der Waals surface area contributed by atoms with Crippen molar-refractivity contribution < 1.29 is 4.79 Å². The molecule has 1 aliphatic rings. The van der Waals surface area contributed by atoms with Gasteiger partial charge in [-0.2, -0.15) is 0 Å². The summed E-state index contributed by atoms with van der Waals surface area (Å²) in [5.74, 6) is 0.0315. The Morgan fingerprint density at radius 3 is 2.55 bits per heavy atom. The first-order valence-electron chi connectivity index (χ1n) is 7.14. The van der Waals surface area contributed by atoms with E-state index >= 15 is 0 Å². The van der Waals surface area contributed by atoms with Crippen LogP contribution in [-0.2, 0) is 0 Å². The Balaban J connectivity index is 2.27. The van der Waals surface area contributed by atoms with Gasteiger partial charge < -0.3 is 15.5 Å². The molecule has 1 amide bonds. The summed E-state index contributed by atoms with van der Waals surface area (Å²) < 4.78 is 0. The Morgan fingerprint density at radius 2 is 2.00 bits per heavy atom. The van der Waals surface area contributed by atoms with Crippen molar-refractivity contribution in [2.24, 2.45) is 0 Å². The fourth-order valence-electron chi connectivity index (χ4n) is 2.58. The van der Waals surface area contributed by atoms with Crippen LogP contribution in [0.1, 0.15) is 36.5 Å². The fraction of sp³-hybridized carbons (Fsp3) is 0.533. The van der Waals surface area contributed by atoms with Gasteiger partial charge in [0.15, 0.2) is 0 Å². The highest BCUT2D eigenvalue weighted by Gasteiger charge is 2.20. The van der Waals surface area contributed by atoms with Crippen molar-refractivity contribution in [3.63, 3.8) is 0 Å². The second-order valence-corrected chi connectivity index (χ2v) is 5.67. The number of nitrogen functional groups attached to an aromatic ring is 1. The molecular weight excluding hydrogens is 274 g/mol. The van der Waals surface area contributed by atoms with Crippen LogP contribution in [0.25, 0.3) is 0 Å². The number of amides is 1. The van der Waals surface area contributed by atoms with Crippen LogP contribution in [0, 0.1) is 0 Å². The number of carbonyl (C=O) groups is 1. The summed E-state index contributed by atoms with van der Waals surface area (Å²) in [5.41, 5.74) is 8.01. The summed E-state index contributed by atoms with van der Waals surface area (Å²) in [7, 11) is 1.93. The predicted molar refractivity (Wildman–Crippen MR) is 84.6 cm³/mol. The van der Waals surface area contributed by atoms with E-state index in [1.165, 1.54) is 6.42 Å². The second kappa shape index (κ2) is 6.35. The average molecular weight is 296 g/mol. The maximum Gasteiger partial charge on any atom is 0.253 e. The monoisotopic (exact) mass is 295 g/mol. The van der Waals surface area contributed by atoms with E-state index < -0.39 is 0 Å². The lowest BCUT2D eigenvalue weighted by Crippen LogP contribution is -2.35. The van der Waals surface area contributed by atoms with E-state index in [0.717, 1.165) is 38.2 Å². The summed E-state index contributed by atoms with van der Waals surface area (Å²) in [4.78, 5) is 16.3. The number of nitrogens with zero attached hydrogens (tertiary/aromatic N) is 2. The van der Waals surface area contributed by atoms with Crippen molar-refractivity contribution in [1.82, 2.24) is 4.90 Å². The van der Waals surface area contributed by atoms with E-state index in [1.54, 1.807) is 12.1 Å². The van der Waals surface area contributed by atoms with Crippen LogP contribution < -0.4 is 10.6 Å². The standard InChI is InChI=1S/C15H22ClN3O/c1-3-18(2)14-12(16)9-11(10-13(14)17)15(20)19-7-5-4-6-8-19/h9-10H,3-8,17H2,1-2H3. The van der Waals surface area contributed by atoms with Gasteiger partial charge in [0.1, 0.15) is 0 Å². The smallest absolute Gasteiger partial charge is 0.253 e. The SMILES string of the molecule is CCN(C)c1c(N)cc(C(=O)N2CCCCC2)cc1Cl. The first kappa shape index (κ1) is 15.0. The molecule has 2 N–H and O–H groups in total. The zero-order valence-electron chi connectivity index (χ0n) is 12.2. The van der Waals surface area contributed by atoms with Crippen LogP contribution in [0.3, 0.4) is 0 Å². The van der Waals surface area contributed by atoms with E-state index in [4.69, 9.17) is 17.3 Å². The molecule has 0 spiro atoms. The van der Waals surface area contributed by atoms with Crippen molar-refractivity contribution in [2.75, 3.05) is 37.3 Å². The summed E-state index contributed by atoms with van der Waals surface area (Å²) >= 11 is 6.30. The quantitative estimate of drug-likeness (QED) is 0.872. The molecule has 1 heterocycles. The minimum absolute atomic E-state index is 0.0315. The van der Waals surface area contributed by atoms with Crippen molar-refractivity contribution >= 4 is 28.9 Å². The topological polar surface area (TPSA) is 49.6 Å². The number of hydrogen-bond acceptors (Lipinski definition) is 3. The Bertz CT molecular complexity index is 475. The molecule has 1 fully saturated rings. The first-order chi connectivity index (χ1) is 9.54. The summed E-state index contributed by atoms with van der Waals surface area (Å²) in [6.07, 6.45) is 3.35.